The summed E-state index contributed by atoms with van der Waals surface area (Å²) < 4.78 is 4.60. The van der Waals surface area contributed by atoms with Crippen molar-refractivity contribution in [3.8, 4) is 0 Å². The smallest absolute Gasteiger partial charge is 0.302 e. The van der Waals surface area contributed by atoms with Gasteiger partial charge in [-0.3, -0.25) is 4.79 Å². The van der Waals surface area contributed by atoms with Crippen molar-refractivity contribution < 1.29 is 14.3 Å². The molecule has 0 rings (SSSR count). The van der Waals surface area contributed by atoms with Crippen LogP contribution in [0.3, 0.4) is 0 Å². The van der Waals surface area contributed by atoms with Crippen molar-refractivity contribution in [1.29, 1.82) is 0 Å². The van der Waals surface area contributed by atoms with E-state index in [9.17, 15) is 9.59 Å². The minimum atomic E-state index is -0.312. The van der Waals surface area contributed by atoms with E-state index in [0.29, 0.717) is 0 Å². The van der Waals surface area contributed by atoms with Gasteiger partial charge in [0.2, 0.25) is 0 Å². The van der Waals surface area contributed by atoms with Gasteiger partial charge in [-0.15, -0.1) is 0 Å². The first-order chi connectivity index (χ1) is 5.16. The number of hydrogen-bond donors (Lipinski definition) is 0. The summed E-state index contributed by atoms with van der Waals surface area (Å²) in [6, 6.07) is 0. The van der Waals surface area contributed by atoms with E-state index < -0.39 is 0 Å². The lowest BCUT2D eigenvalue weighted by atomic mass is 10.2. The molecule has 0 fully saturated rings. The van der Waals surface area contributed by atoms with E-state index in [1.54, 1.807) is 19.1 Å². The summed E-state index contributed by atoms with van der Waals surface area (Å²) in [6.07, 6.45) is 4.17. The fraction of sp³-hybridized carbons (Fsp3) is 0.500. The summed E-state index contributed by atoms with van der Waals surface area (Å²) in [5.74, 6) is -0.418. The van der Waals surface area contributed by atoms with Crippen LogP contribution in [0.5, 0.6) is 0 Å². The molecule has 0 aromatic heterocycles. The SMILES string of the molecule is CC(=O)OCC=CC(C)C=O. The topological polar surface area (TPSA) is 43.4 Å². The van der Waals surface area contributed by atoms with Crippen molar-refractivity contribution in [3.05, 3.63) is 12.2 Å². The van der Waals surface area contributed by atoms with Gasteiger partial charge in [0.25, 0.3) is 0 Å². The normalized spacial score (nSPS) is 12.9. The van der Waals surface area contributed by atoms with Crippen molar-refractivity contribution in [2.24, 2.45) is 5.92 Å². The van der Waals surface area contributed by atoms with Crippen molar-refractivity contribution >= 4 is 12.3 Å². The number of ether oxygens (including phenoxy) is 1. The zero-order chi connectivity index (χ0) is 8.69. The zero-order valence-electron chi connectivity index (χ0n) is 6.74. The molecule has 1 unspecified atom stereocenters. The molecule has 62 valence electrons. The number of carbonyl (C=O) groups is 2. The molecule has 0 aliphatic heterocycles. The predicted octanol–water partition coefficient (Wildman–Crippen LogP) is 0.941. The Morgan fingerprint density at radius 1 is 1.64 bits per heavy atom. The van der Waals surface area contributed by atoms with E-state index in [2.05, 4.69) is 4.74 Å². The van der Waals surface area contributed by atoms with Gasteiger partial charge in [0, 0.05) is 12.8 Å². The van der Waals surface area contributed by atoms with Crippen LogP contribution in [0.4, 0.5) is 0 Å². The van der Waals surface area contributed by atoms with Crippen LogP contribution in [0.25, 0.3) is 0 Å². The Kier molecular flexibility index (Phi) is 5.07. The third-order valence-corrected chi connectivity index (χ3v) is 1.04. The van der Waals surface area contributed by atoms with Crippen LogP contribution >= 0.6 is 0 Å². The van der Waals surface area contributed by atoms with E-state index in [1.165, 1.54) is 6.92 Å². The lowest BCUT2D eigenvalue weighted by molar-refractivity contribution is -0.139. The van der Waals surface area contributed by atoms with E-state index in [0.717, 1.165) is 6.29 Å². The number of esters is 1. The fourth-order valence-electron chi connectivity index (χ4n) is 0.481. The summed E-state index contributed by atoms with van der Waals surface area (Å²) in [5.41, 5.74) is 0. The Morgan fingerprint density at radius 2 is 2.27 bits per heavy atom. The molecule has 0 aliphatic carbocycles. The van der Waals surface area contributed by atoms with Gasteiger partial charge < -0.3 is 9.53 Å². The van der Waals surface area contributed by atoms with Gasteiger partial charge in [-0.05, 0) is 0 Å². The van der Waals surface area contributed by atoms with Gasteiger partial charge in [-0.25, -0.2) is 0 Å². The highest BCUT2D eigenvalue weighted by Crippen LogP contribution is 1.90. The molecule has 0 spiro atoms. The molecule has 0 aliphatic rings. The number of carbonyl (C=O) groups excluding carboxylic acids is 2. The average Bonchev–Trinajstić information content (AvgIpc) is 1.97. The Morgan fingerprint density at radius 3 is 2.73 bits per heavy atom. The van der Waals surface area contributed by atoms with Gasteiger partial charge in [0.05, 0.1) is 0 Å². The molecular weight excluding hydrogens is 144 g/mol. The molecule has 0 aromatic carbocycles. The molecule has 0 heterocycles. The summed E-state index contributed by atoms with van der Waals surface area (Å²) >= 11 is 0. The second kappa shape index (κ2) is 5.65. The van der Waals surface area contributed by atoms with E-state index in [4.69, 9.17) is 0 Å². The largest absolute Gasteiger partial charge is 0.462 e. The van der Waals surface area contributed by atoms with E-state index in [-0.39, 0.29) is 18.5 Å². The first kappa shape index (κ1) is 9.88. The quantitative estimate of drug-likeness (QED) is 0.345. The summed E-state index contributed by atoms with van der Waals surface area (Å²) in [5, 5.41) is 0. The van der Waals surface area contributed by atoms with Crippen LogP contribution in [0.1, 0.15) is 13.8 Å². The zero-order valence-corrected chi connectivity index (χ0v) is 6.74. The maximum Gasteiger partial charge on any atom is 0.302 e. The highest BCUT2D eigenvalue weighted by Gasteiger charge is 1.91. The van der Waals surface area contributed by atoms with Gasteiger partial charge >= 0.3 is 5.97 Å². The van der Waals surface area contributed by atoms with Crippen LogP contribution in [-0.4, -0.2) is 18.9 Å². The van der Waals surface area contributed by atoms with Gasteiger partial charge in [-0.1, -0.05) is 19.1 Å². The Balaban J connectivity index is 3.44. The van der Waals surface area contributed by atoms with Crippen LogP contribution in [0, 0.1) is 5.92 Å². The van der Waals surface area contributed by atoms with E-state index in [1.807, 2.05) is 0 Å². The third-order valence-electron chi connectivity index (χ3n) is 1.04. The second-order valence-electron chi connectivity index (χ2n) is 2.23. The highest BCUT2D eigenvalue weighted by molar-refractivity contribution is 5.66. The maximum atomic E-state index is 10.2. The lowest BCUT2D eigenvalue weighted by Gasteiger charge is -1.95. The first-order valence-corrected chi connectivity index (χ1v) is 3.42. The molecule has 0 saturated carbocycles. The maximum absolute atomic E-state index is 10.2. The molecule has 11 heavy (non-hydrogen) atoms. The van der Waals surface area contributed by atoms with Crippen LogP contribution in [0.15, 0.2) is 12.2 Å². The minimum absolute atomic E-state index is 0.106. The van der Waals surface area contributed by atoms with E-state index >= 15 is 0 Å². The molecule has 0 N–H and O–H groups in total. The van der Waals surface area contributed by atoms with Crippen molar-refractivity contribution in [1.82, 2.24) is 0 Å². The first-order valence-electron chi connectivity index (χ1n) is 3.42. The van der Waals surface area contributed by atoms with Gasteiger partial charge in [-0.2, -0.15) is 0 Å². The lowest BCUT2D eigenvalue weighted by Crippen LogP contribution is -1.98. The molecule has 0 bridgehead atoms. The highest BCUT2D eigenvalue weighted by atomic mass is 16.5. The molecular formula is C8H12O3. The Hall–Kier alpha value is -1.12. The van der Waals surface area contributed by atoms with Gasteiger partial charge in [0.15, 0.2) is 0 Å². The Labute approximate surface area is 66.0 Å². The average molecular weight is 156 g/mol. The second-order valence-corrected chi connectivity index (χ2v) is 2.23. The van der Waals surface area contributed by atoms with Gasteiger partial charge in [0.1, 0.15) is 12.9 Å². The van der Waals surface area contributed by atoms with Crippen molar-refractivity contribution in [2.75, 3.05) is 6.61 Å². The molecule has 1 atom stereocenters. The van der Waals surface area contributed by atoms with Crippen LogP contribution in [0.2, 0.25) is 0 Å². The number of aldehydes is 1. The number of allylic oxidation sites excluding steroid dienone is 1. The Bertz CT molecular complexity index is 161. The minimum Gasteiger partial charge on any atom is -0.462 e. The van der Waals surface area contributed by atoms with Crippen molar-refractivity contribution in [3.63, 3.8) is 0 Å². The standard InChI is InChI=1S/C8H12O3/c1-7(6-9)4-3-5-11-8(2)10/h3-4,6-7H,5H2,1-2H3. The molecule has 0 amide bonds. The monoisotopic (exact) mass is 156 g/mol. The summed E-state index contributed by atoms with van der Waals surface area (Å²) in [4.78, 5) is 20.3. The molecule has 0 radical (unpaired) electrons. The molecule has 3 nitrogen and oxygen atoms in total. The van der Waals surface area contributed by atoms with Crippen LogP contribution < -0.4 is 0 Å². The molecule has 0 aromatic rings. The summed E-state index contributed by atoms with van der Waals surface area (Å²) in [6.45, 7) is 3.35. The summed E-state index contributed by atoms with van der Waals surface area (Å²) in [7, 11) is 0. The van der Waals surface area contributed by atoms with Crippen LogP contribution in [-0.2, 0) is 14.3 Å². The third kappa shape index (κ3) is 6.77. The molecule has 0 saturated heterocycles. The fourth-order valence-corrected chi connectivity index (χ4v) is 0.481. The number of hydrogen-bond acceptors (Lipinski definition) is 3. The molecule has 3 heteroatoms. The number of rotatable bonds is 4. The predicted molar refractivity (Wildman–Crippen MR) is 41.0 cm³/mol. The van der Waals surface area contributed by atoms with Crippen molar-refractivity contribution in [2.45, 2.75) is 13.8 Å².